The topological polar surface area (TPSA) is 129 Å². The molecule has 0 spiro atoms. The van der Waals surface area contributed by atoms with Crippen LogP contribution in [-0.4, -0.2) is 37.2 Å². The minimum atomic E-state index is -0.825. The lowest BCUT2D eigenvalue weighted by atomic mass is 9.97. The van der Waals surface area contributed by atoms with Crippen molar-refractivity contribution in [1.29, 1.82) is 0 Å². The molecule has 1 amide bonds. The average Bonchev–Trinajstić information content (AvgIpc) is 2.96. The zero-order valence-electron chi connectivity index (χ0n) is 21.7. The first-order valence-electron chi connectivity index (χ1n) is 11.9. The highest BCUT2D eigenvalue weighted by atomic mass is 35.5. The molecule has 1 atom stereocenters. The van der Waals surface area contributed by atoms with E-state index >= 15 is 0 Å². The molecule has 0 aliphatic carbocycles. The van der Waals surface area contributed by atoms with E-state index in [0.717, 1.165) is 28.2 Å². The fraction of sp³-hybridized carbons (Fsp3) is 0.138. The second-order valence-electron chi connectivity index (χ2n) is 8.65. The molecule has 4 aromatic carbocycles. The Morgan fingerprint density at radius 3 is 2.42 bits per heavy atom. The second-order valence-corrected chi connectivity index (χ2v) is 9.06. The van der Waals surface area contributed by atoms with Crippen LogP contribution in [0.15, 0.2) is 77.9 Å². The first-order chi connectivity index (χ1) is 19.2. The van der Waals surface area contributed by atoms with Gasteiger partial charge in [-0.3, -0.25) is 14.9 Å². The van der Waals surface area contributed by atoms with Gasteiger partial charge in [0.25, 0.3) is 5.69 Å². The third-order valence-corrected chi connectivity index (χ3v) is 6.44. The Morgan fingerprint density at radius 1 is 0.950 bits per heavy atom. The number of fused-ring (bicyclic) bond motifs is 1. The summed E-state index contributed by atoms with van der Waals surface area (Å²) in [7, 11) is 3.01. The van der Waals surface area contributed by atoms with Crippen molar-refractivity contribution in [1.82, 2.24) is 5.43 Å². The van der Waals surface area contributed by atoms with Crippen LogP contribution >= 0.6 is 11.6 Å². The molecule has 0 aliphatic rings. The number of hydrazone groups is 1. The lowest BCUT2D eigenvalue weighted by Gasteiger charge is -2.12. The van der Waals surface area contributed by atoms with Crippen molar-refractivity contribution < 1.29 is 28.7 Å². The maximum Gasteiger partial charge on any atom is 0.343 e. The second kappa shape index (κ2) is 12.3. The van der Waals surface area contributed by atoms with E-state index in [1.54, 1.807) is 26.2 Å². The summed E-state index contributed by atoms with van der Waals surface area (Å²) < 4.78 is 15.9. The molecule has 0 fully saturated rings. The van der Waals surface area contributed by atoms with Crippen LogP contribution in [0.2, 0.25) is 5.02 Å². The summed E-state index contributed by atoms with van der Waals surface area (Å²) in [5.41, 5.74) is 3.48. The van der Waals surface area contributed by atoms with Gasteiger partial charge >= 0.3 is 5.97 Å². The van der Waals surface area contributed by atoms with E-state index in [2.05, 4.69) is 10.5 Å². The average molecular weight is 562 g/mol. The molecule has 4 rings (SSSR count). The Bertz CT molecular complexity index is 1640. The lowest BCUT2D eigenvalue weighted by Crippen LogP contribution is -2.23. The molecular formula is C29H24ClN3O7. The fourth-order valence-corrected chi connectivity index (χ4v) is 4.03. The summed E-state index contributed by atoms with van der Waals surface area (Å²) in [5, 5.41) is 17.0. The number of nitro groups is 1. The van der Waals surface area contributed by atoms with Crippen LogP contribution in [-0.2, 0) is 4.79 Å². The SMILES string of the molecule is COc1ccc2cc(C(C)C(=O)N/N=C/c3ccc(OC(=O)c4ccc(Cl)c([N+](=O)[O-])c4)c(OC)c3)ccc2c1. The van der Waals surface area contributed by atoms with Crippen LogP contribution in [0.25, 0.3) is 10.8 Å². The number of nitrogens with one attached hydrogen (secondary N) is 1. The molecule has 1 unspecified atom stereocenters. The molecule has 11 heteroatoms. The van der Waals surface area contributed by atoms with E-state index < -0.39 is 22.5 Å². The Morgan fingerprint density at radius 2 is 1.70 bits per heavy atom. The number of ether oxygens (including phenoxy) is 3. The Hall–Kier alpha value is -4.96. The van der Waals surface area contributed by atoms with Crippen molar-refractivity contribution >= 4 is 46.2 Å². The molecular weight excluding hydrogens is 538 g/mol. The van der Waals surface area contributed by atoms with Crippen molar-refractivity contribution in [2.24, 2.45) is 5.10 Å². The molecule has 204 valence electrons. The quantitative estimate of drug-likeness (QED) is 0.0886. The number of carbonyl (C=O) groups is 2. The molecule has 0 radical (unpaired) electrons. The molecule has 10 nitrogen and oxygen atoms in total. The van der Waals surface area contributed by atoms with E-state index in [9.17, 15) is 19.7 Å². The van der Waals surface area contributed by atoms with Crippen LogP contribution < -0.4 is 19.6 Å². The normalized spacial score (nSPS) is 11.7. The predicted octanol–water partition coefficient (Wildman–Crippen LogP) is 5.89. The van der Waals surface area contributed by atoms with Gasteiger partial charge in [-0.2, -0.15) is 5.10 Å². The number of nitro benzene ring substituents is 1. The number of carbonyl (C=O) groups excluding carboxylic acids is 2. The summed E-state index contributed by atoms with van der Waals surface area (Å²) in [5.74, 6) is -0.506. The van der Waals surface area contributed by atoms with Gasteiger partial charge in [0, 0.05) is 6.07 Å². The van der Waals surface area contributed by atoms with E-state index in [0.29, 0.717) is 5.56 Å². The Kier molecular flexibility index (Phi) is 8.60. The number of esters is 1. The zero-order chi connectivity index (χ0) is 28.8. The molecule has 0 saturated carbocycles. The number of rotatable bonds is 9. The number of hydrogen-bond donors (Lipinski definition) is 1. The summed E-state index contributed by atoms with van der Waals surface area (Å²) in [6, 6.07) is 19.8. The zero-order valence-corrected chi connectivity index (χ0v) is 22.5. The maximum absolute atomic E-state index is 12.7. The van der Waals surface area contributed by atoms with Gasteiger partial charge in [-0.15, -0.1) is 0 Å². The van der Waals surface area contributed by atoms with Gasteiger partial charge in [-0.25, -0.2) is 10.2 Å². The molecule has 0 saturated heterocycles. The van der Waals surface area contributed by atoms with Gasteiger partial charge in [-0.05, 0) is 71.3 Å². The third kappa shape index (κ3) is 6.36. The van der Waals surface area contributed by atoms with Gasteiger partial charge in [0.15, 0.2) is 11.5 Å². The van der Waals surface area contributed by atoms with Gasteiger partial charge in [0.1, 0.15) is 10.8 Å². The highest BCUT2D eigenvalue weighted by Crippen LogP contribution is 2.30. The van der Waals surface area contributed by atoms with Crippen molar-refractivity contribution in [3.8, 4) is 17.2 Å². The third-order valence-electron chi connectivity index (χ3n) is 6.12. The van der Waals surface area contributed by atoms with Crippen LogP contribution in [0.4, 0.5) is 5.69 Å². The smallest absolute Gasteiger partial charge is 0.343 e. The number of halogens is 1. The maximum atomic E-state index is 12.7. The predicted molar refractivity (Wildman–Crippen MR) is 151 cm³/mol. The standard InChI is InChI=1S/C29H24ClN3O7/c1-17(19-5-6-21-14-23(38-2)9-7-20(21)13-19)28(34)32-31-16-18-4-11-26(27(12-18)39-3)40-29(35)22-8-10-24(30)25(15-22)33(36)37/h4-17H,1-3H3,(H,32,34)/b31-16+. The van der Waals surface area contributed by atoms with Crippen LogP contribution in [0.3, 0.4) is 0 Å². The minimum absolute atomic E-state index is 0.0493. The number of benzene rings is 4. The minimum Gasteiger partial charge on any atom is -0.497 e. The molecule has 0 aromatic heterocycles. The van der Waals surface area contributed by atoms with Crippen molar-refractivity contribution in [3.05, 3.63) is 105 Å². The van der Waals surface area contributed by atoms with Crippen LogP contribution in [0.5, 0.6) is 17.2 Å². The van der Waals surface area contributed by atoms with Gasteiger partial charge in [0.05, 0.1) is 36.8 Å². The highest BCUT2D eigenvalue weighted by molar-refractivity contribution is 6.32. The number of methoxy groups -OCH3 is 2. The number of amides is 1. The fourth-order valence-electron chi connectivity index (χ4n) is 3.84. The van der Waals surface area contributed by atoms with E-state index in [1.807, 2.05) is 36.4 Å². The molecule has 1 N–H and O–H groups in total. The van der Waals surface area contributed by atoms with Crippen LogP contribution in [0, 0.1) is 10.1 Å². The summed E-state index contributed by atoms with van der Waals surface area (Å²) in [4.78, 5) is 35.7. The van der Waals surface area contributed by atoms with E-state index in [4.69, 9.17) is 25.8 Å². The van der Waals surface area contributed by atoms with Crippen LogP contribution in [0.1, 0.15) is 34.3 Å². The van der Waals surface area contributed by atoms with Gasteiger partial charge in [0.2, 0.25) is 5.91 Å². The van der Waals surface area contributed by atoms with Gasteiger partial charge in [-0.1, -0.05) is 35.9 Å². The van der Waals surface area contributed by atoms with Crippen molar-refractivity contribution in [3.63, 3.8) is 0 Å². The van der Waals surface area contributed by atoms with E-state index in [1.165, 1.54) is 31.5 Å². The Balaban J connectivity index is 1.41. The summed E-state index contributed by atoms with van der Waals surface area (Å²) in [6.45, 7) is 1.79. The number of nitrogens with zero attached hydrogens (tertiary/aromatic N) is 2. The highest BCUT2D eigenvalue weighted by Gasteiger charge is 2.19. The first kappa shape index (κ1) is 28.1. The number of hydrogen-bond acceptors (Lipinski definition) is 8. The molecule has 4 aromatic rings. The molecule has 0 heterocycles. The van der Waals surface area contributed by atoms with Gasteiger partial charge < -0.3 is 14.2 Å². The first-order valence-corrected chi connectivity index (χ1v) is 12.3. The lowest BCUT2D eigenvalue weighted by molar-refractivity contribution is -0.384. The Labute approximate surface area is 234 Å². The molecule has 0 bridgehead atoms. The van der Waals surface area contributed by atoms with E-state index in [-0.39, 0.29) is 28.0 Å². The summed E-state index contributed by atoms with van der Waals surface area (Å²) in [6.07, 6.45) is 1.42. The summed E-state index contributed by atoms with van der Waals surface area (Å²) >= 11 is 5.80. The monoisotopic (exact) mass is 561 g/mol. The molecule has 40 heavy (non-hydrogen) atoms. The van der Waals surface area contributed by atoms with Crippen molar-refractivity contribution in [2.75, 3.05) is 14.2 Å². The van der Waals surface area contributed by atoms with Crippen molar-refractivity contribution in [2.45, 2.75) is 12.8 Å². The largest absolute Gasteiger partial charge is 0.497 e. The molecule has 0 aliphatic heterocycles.